The van der Waals surface area contributed by atoms with Crippen molar-refractivity contribution in [2.24, 2.45) is 7.05 Å². The van der Waals surface area contributed by atoms with Crippen LogP contribution in [-0.4, -0.2) is 18.9 Å². The fourth-order valence-electron chi connectivity index (χ4n) is 3.88. The molecule has 0 amide bonds. The van der Waals surface area contributed by atoms with Crippen molar-refractivity contribution in [2.45, 2.75) is 31.7 Å². The first-order valence-electron chi connectivity index (χ1n) is 10.5. The van der Waals surface area contributed by atoms with Gasteiger partial charge in [0.2, 0.25) is 0 Å². The average molecular weight is 475 g/mol. The van der Waals surface area contributed by atoms with E-state index in [2.05, 4.69) is 37.0 Å². The Labute approximate surface area is 198 Å². The maximum Gasteiger partial charge on any atom is 0.263 e. The van der Waals surface area contributed by atoms with Crippen LogP contribution in [-0.2, 0) is 12.8 Å². The van der Waals surface area contributed by atoms with Crippen LogP contribution in [0.1, 0.15) is 22.5 Å². The first-order valence-corrected chi connectivity index (χ1v) is 12.4. The Bertz CT molecular complexity index is 1660. The molecule has 6 nitrogen and oxygen atoms in total. The molecule has 0 radical (unpaired) electrons. The van der Waals surface area contributed by atoms with Gasteiger partial charge >= 0.3 is 0 Å². The maximum absolute atomic E-state index is 13.3. The van der Waals surface area contributed by atoms with Gasteiger partial charge in [-0.05, 0) is 49.6 Å². The van der Waals surface area contributed by atoms with E-state index in [-0.39, 0.29) is 11.1 Å². The highest BCUT2D eigenvalue weighted by atomic mass is 32.2. The van der Waals surface area contributed by atoms with E-state index in [0.29, 0.717) is 27.6 Å². The highest BCUT2D eigenvalue weighted by molar-refractivity contribution is 7.98. The number of aryl methyl sites for hydroxylation is 3. The molecule has 0 saturated heterocycles. The Kier molecular flexibility index (Phi) is 5.42. The summed E-state index contributed by atoms with van der Waals surface area (Å²) in [5.74, 6) is 0.445. The summed E-state index contributed by atoms with van der Waals surface area (Å²) in [5, 5.41) is 3.26. The molecule has 0 aliphatic heterocycles. The zero-order valence-electron chi connectivity index (χ0n) is 18.7. The third-order valence-corrected chi connectivity index (χ3v) is 7.81. The van der Waals surface area contributed by atoms with E-state index < -0.39 is 0 Å². The van der Waals surface area contributed by atoms with Gasteiger partial charge in [0.05, 0.1) is 11.1 Å². The van der Waals surface area contributed by atoms with Crippen molar-refractivity contribution in [3.63, 3.8) is 0 Å². The lowest BCUT2D eigenvalue weighted by atomic mass is 10.0. The summed E-state index contributed by atoms with van der Waals surface area (Å²) in [4.78, 5) is 35.9. The van der Waals surface area contributed by atoms with E-state index in [1.807, 2.05) is 30.5 Å². The number of fused-ring (bicyclic) bond motifs is 2. The Morgan fingerprint density at radius 3 is 2.61 bits per heavy atom. The molecule has 166 valence electrons. The molecule has 1 aromatic carbocycles. The van der Waals surface area contributed by atoms with Gasteiger partial charge in [-0.15, -0.1) is 11.3 Å². The summed E-state index contributed by atoms with van der Waals surface area (Å²) < 4.78 is 3.18. The molecule has 5 aromatic rings. The van der Waals surface area contributed by atoms with Gasteiger partial charge in [-0.2, -0.15) is 0 Å². The van der Waals surface area contributed by atoms with Crippen molar-refractivity contribution in [2.75, 3.05) is 0 Å². The first-order chi connectivity index (χ1) is 15.8. The summed E-state index contributed by atoms with van der Waals surface area (Å²) in [6, 6.07) is 13.4. The van der Waals surface area contributed by atoms with Crippen LogP contribution in [0.15, 0.2) is 62.6 Å². The molecule has 4 heterocycles. The number of thioether (sulfide) groups is 1. The van der Waals surface area contributed by atoms with Gasteiger partial charge in [-0.3, -0.25) is 18.6 Å². The van der Waals surface area contributed by atoms with Crippen LogP contribution in [0.2, 0.25) is 0 Å². The molecule has 0 unspecified atom stereocenters. The second-order valence-corrected chi connectivity index (χ2v) is 9.92. The number of aromatic nitrogens is 4. The molecule has 8 heteroatoms. The summed E-state index contributed by atoms with van der Waals surface area (Å²) in [6.07, 6.45) is 0. The summed E-state index contributed by atoms with van der Waals surface area (Å²) in [7, 11) is 1.74. The van der Waals surface area contributed by atoms with Crippen molar-refractivity contribution in [3.8, 4) is 11.1 Å². The topological polar surface area (TPSA) is 69.3 Å². The molecule has 0 atom stereocenters. The smallest absolute Gasteiger partial charge is 0.263 e. The monoisotopic (exact) mass is 474 g/mol. The van der Waals surface area contributed by atoms with Gasteiger partial charge in [-0.25, -0.2) is 9.97 Å². The van der Waals surface area contributed by atoms with Crippen molar-refractivity contribution >= 4 is 39.0 Å². The lowest BCUT2D eigenvalue weighted by molar-refractivity contribution is 0.728. The summed E-state index contributed by atoms with van der Waals surface area (Å²) >= 11 is 2.88. The Balaban J connectivity index is 1.51. The molecule has 33 heavy (non-hydrogen) atoms. The fraction of sp³-hybridized carbons (Fsp3) is 0.200. The average Bonchev–Trinajstić information content (AvgIpc) is 3.21. The molecule has 0 N–H and O–H groups in total. The lowest BCUT2D eigenvalue weighted by Crippen LogP contribution is -2.20. The molecule has 0 spiro atoms. The fourth-order valence-corrected chi connectivity index (χ4v) is 5.73. The Hall–Kier alpha value is -3.23. The number of rotatable bonds is 4. The number of hydrogen-bond donors (Lipinski definition) is 0. The van der Waals surface area contributed by atoms with Crippen molar-refractivity contribution < 1.29 is 0 Å². The van der Waals surface area contributed by atoms with Crippen molar-refractivity contribution in [1.82, 2.24) is 18.9 Å². The van der Waals surface area contributed by atoms with Crippen LogP contribution in [0.25, 0.3) is 27.0 Å². The number of nitrogens with zero attached hydrogens (tertiary/aromatic N) is 4. The van der Waals surface area contributed by atoms with Gasteiger partial charge < -0.3 is 0 Å². The van der Waals surface area contributed by atoms with Crippen LogP contribution >= 0.6 is 23.1 Å². The summed E-state index contributed by atoms with van der Waals surface area (Å²) in [5.41, 5.74) is 6.30. The predicted molar refractivity (Wildman–Crippen MR) is 136 cm³/mol. The molecular weight excluding hydrogens is 452 g/mol. The normalized spacial score (nSPS) is 11.5. The first kappa shape index (κ1) is 21.6. The zero-order valence-corrected chi connectivity index (χ0v) is 20.4. The Morgan fingerprint density at radius 1 is 1.00 bits per heavy atom. The summed E-state index contributed by atoms with van der Waals surface area (Å²) in [6.45, 7) is 6.04. The Morgan fingerprint density at radius 2 is 1.82 bits per heavy atom. The largest absolute Gasteiger partial charge is 0.290 e. The number of thiophene rings is 1. The zero-order chi connectivity index (χ0) is 23.3. The molecule has 0 bridgehead atoms. The van der Waals surface area contributed by atoms with E-state index in [0.717, 1.165) is 21.7 Å². The van der Waals surface area contributed by atoms with E-state index in [4.69, 9.17) is 4.98 Å². The van der Waals surface area contributed by atoms with E-state index >= 15 is 0 Å². The van der Waals surface area contributed by atoms with Crippen LogP contribution in [0.5, 0.6) is 0 Å². The van der Waals surface area contributed by atoms with Gasteiger partial charge in [0.1, 0.15) is 10.5 Å². The minimum absolute atomic E-state index is 0.0702. The van der Waals surface area contributed by atoms with Gasteiger partial charge in [0.15, 0.2) is 5.16 Å². The van der Waals surface area contributed by atoms with Crippen molar-refractivity contribution in [3.05, 3.63) is 91.1 Å². The highest BCUT2D eigenvalue weighted by Crippen LogP contribution is 2.33. The number of benzene rings is 1. The third-order valence-electron chi connectivity index (χ3n) is 5.87. The standard InChI is InChI=1S/C25H22N4O2S2/c1-14-8-9-17(10-15(14)2)19-13-32-23-22(19)24(31)28(4)25(27-23)33-12-18-11-21(30)29-16(3)6-5-7-20(29)26-18/h5-11,13H,12H2,1-4H3. The van der Waals surface area contributed by atoms with Crippen LogP contribution in [0.3, 0.4) is 0 Å². The molecule has 0 aliphatic carbocycles. The van der Waals surface area contributed by atoms with Crippen molar-refractivity contribution in [1.29, 1.82) is 0 Å². The molecular formula is C25H22N4O2S2. The second kappa shape index (κ2) is 8.28. The van der Waals surface area contributed by atoms with E-state index in [9.17, 15) is 9.59 Å². The van der Waals surface area contributed by atoms with Gasteiger partial charge in [0.25, 0.3) is 11.1 Å². The van der Waals surface area contributed by atoms with E-state index in [1.165, 1.54) is 34.2 Å². The van der Waals surface area contributed by atoms with Gasteiger partial charge in [-0.1, -0.05) is 36.0 Å². The molecule has 0 aliphatic rings. The van der Waals surface area contributed by atoms with Crippen LogP contribution in [0.4, 0.5) is 0 Å². The SMILES string of the molecule is Cc1ccc(-c2csc3nc(SCc4cc(=O)n5c(C)cccc5n4)n(C)c(=O)c23)cc1C. The van der Waals surface area contributed by atoms with Crippen LogP contribution < -0.4 is 11.1 Å². The minimum atomic E-state index is -0.109. The quantitative estimate of drug-likeness (QED) is 0.274. The predicted octanol–water partition coefficient (Wildman–Crippen LogP) is 4.89. The number of hydrogen-bond acceptors (Lipinski definition) is 6. The molecule has 4 aromatic heterocycles. The third kappa shape index (κ3) is 3.79. The molecule has 0 fully saturated rings. The number of pyridine rings is 1. The van der Waals surface area contributed by atoms with E-state index in [1.54, 1.807) is 22.1 Å². The molecule has 0 saturated carbocycles. The maximum atomic E-state index is 13.3. The highest BCUT2D eigenvalue weighted by Gasteiger charge is 2.16. The van der Waals surface area contributed by atoms with Gasteiger partial charge in [0, 0.05) is 35.5 Å². The molecule has 5 rings (SSSR count). The van der Waals surface area contributed by atoms with Crippen LogP contribution in [0, 0.1) is 20.8 Å². The lowest BCUT2D eigenvalue weighted by Gasteiger charge is -2.09. The second-order valence-electron chi connectivity index (χ2n) is 8.12. The minimum Gasteiger partial charge on any atom is -0.290 e.